The number of benzene rings is 4. The van der Waals surface area contributed by atoms with Gasteiger partial charge < -0.3 is 55.1 Å². The van der Waals surface area contributed by atoms with Crippen LogP contribution in [0.5, 0.6) is 11.5 Å². The van der Waals surface area contributed by atoms with E-state index in [0.29, 0.717) is 67.7 Å². The summed E-state index contributed by atoms with van der Waals surface area (Å²) in [6.45, 7) is 15.2. The first-order valence-corrected chi connectivity index (χ1v) is 32.3. The number of amidine groups is 2. The number of alkyl halides is 2. The molecule has 0 aliphatic carbocycles. The number of nitrogens with one attached hydrogen (secondary N) is 3. The van der Waals surface area contributed by atoms with Crippen molar-refractivity contribution in [2.24, 2.45) is 15.0 Å². The van der Waals surface area contributed by atoms with Crippen LogP contribution in [0.4, 0.5) is 11.4 Å². The minimum absolute atomic E-state index is 0.0633. The van der Waals surface area contributed by atoms with Crippen LogP contribution in [-0.2, 0) is 46.0 Å². The minimum atomic E-state index is -0.823. The average molecular weight is 1290 g/mol. The Morgan fingerprint density at radius 2 is 1.24 bits per heavy atom. The summed E-state index contributed by atoms with van der Waals surface area (Å²) < 4.78 is 20.1. The summed E-state index contributed by atoms with van der Waals surface area (Å²) in [5.41, 5.74) is 14.7. The molecule has 4 atom stereocenters. The zero-order valence-electron chi connectivity index (χ0n) is 51.4. The van der Waals surface area contributed by atoms with Crippen molar-refractivity contribution in [1.82, 2.24) is 24.9 Å². The number of aliphatic imine (C=N–C) groups is 3. The van der Waals surface area contributed by atoms with Crippen LogP contribution < -0.4 is 25.4 Å². The number of amides is 3. The Balaban J connectivity index is 0.000000195. The van der Waals surface area contributed by atoms with E-state index in [1.807, 2.05) is 64.1 Å². The average Bonchev–Trinajstić information content (AvgIpc) is 1.69. The van der Waals surface area contributed by atoms with Crippen molar-refractivity contribution < 1.29 is 60.7 Å². The first kappa shape index (κ1) is 65.9. The van der Waals surface area contributed by atoms with Gasteiger partial charge in [-0.2, -0.15) is 6.92 Å². The molecule has 464 valence electrons. The van der Waals surface area contributed by atoms with Crippen molar-refractivity contribution in [1.29, 1.82) is 0 Å². The number of nitrogens with zero attached hydrogens (tertiary/aromatic N) is 7. The molecule has 88 heavy (non-hydrogen) atoms. The molecule has 22 heteroatoms. The second kappa shape index (κ2) is 29.9. The number of likely N-dealkylation sites (tertiary alicyclic amines) is 2. The summed E-state index contributed by atoms with van der Waals surface area (Å²) in [6.07, 6.45) is 7.84. The number of ether oxygens (including phenoxy) is 2. The van der Waals surface area contributed by atoms with Crippen molar-refractivity contribution in [2.75, 3.05) is 83.8 Å². The molecule has 0 radical (unpaired) electrons. The van der Waals surface area contributed by atoms with E-state index in [2.05, 4.69) is 72.9 Å². The van der Waals surface area contributed by atoms with Gasteiger partial charge in [-0.05, 0) is 164 Å². The van der Waals surface area contributed by atoms with Gasteiger partial charge >= 0.3 is 21.8 Å². The van der Waals surface area contributed by atoms with Crippen LogP contribution in [0.1, 0.15) is 115 Å². The third-order valence-electron chi connectivity index (χ3n) is 17.2. The number of fused-ring (bicyclic) bond motifs is 4. The van der Waals surface area contributed by atoms with Gasteiger partial charge in [-0.1, -0.05) is 35.4 Å². The third-order valence-corrected chi connectivity index (χ3v) is 18.1. The molecule has 8 heterocycles. The van der Waals surface area contributed by atoms with Crippen LogP contribution in [0.15, 0.2) is 98.2 Å². The normalized spacial score (nSPS) is 22.8. The fraction of sp³-hybridized carbons (Fsp3) is 0.470. The molecule has 12 rings (SSSR count). The number of aliphatic hydroxyl groups is 2. The second-order valence-corrected chi connectivity index (χ2v) is 24.9. The summed E-state index contributed by atoms with van der Waals surface area (Å²) in [7, 11) is 4.20. The summed E-state index contributed by atoms with van der Waals surface area (Å²) in [5, 5.41) is 31.1. The maximum atomic E-state index is 13.4. The van der Waals surface area contributed by atoms with Crippen LogP contribution >= 0.6 is 23.2 Å². The van der Waals surface area contributed by atoms with Crippen LogP contribution in [0.3, 0.4) is 0 Å². The Labute approximate surface area is 535 Å². The van der Waals surface area contributed by atoms with E-state index >= 15 is 0 Å². The molecule has 8 aliphatic heterocycles. The van der Waals surface area contributed by atoms with Crippen molar-refractivity contribution in [3.8, 4) is 11.5 Å². The zero-order chi connectivity index (χ0) is 62.9. The van der Waals surface area contributed by atoms with Gasteiger partial charge in [0.1, 0.15) is 42.8 Å². The van der Waals surface area contributed by atoms with E-state index in [1.54, 1.807) is 12.3 Å². The summed E-state index contributed by atoms with van der Waals surface area (Å²) in [5.74, 6) is 2.44. The van der Waals surface area contributed by atoms with Gasteiger partial charge in [0.25, 0.3) is 17.7 Å². The predicted molar refractivity (Wildman–Crippen MR) is 340 cm³/mol. The Morgan fingerprint density at radius 1 is 0.705 bits per heavy atom. The number of aryl methyl sites for hydroxylation is 4. The Bertz CT molecular complexity index is 3400. The standard InChI is InChI=1S/C32H36ClN5O4.C32H40ClN5O3.C2H3O.O.Zn/c1-18-4-5-28(19(2)12-18)42-17-22(39)16-35-30-29(25(33)6-9-34-30)27-14-20-13-23-24(15-26(20)36-27)32(41)38(31(23)40)21-7-10-37(3)11-8-21;1-19-4-5-29(20(2)12-19)41-18-24(39)16-35-31-30(26(33)6-9-34-31)28-14-21-13-25-22(15-27(21)36-28)17-38(32(25)40)23-7-10-37(3)11-8-23;1-2-3;;/h4-5,9,12-13,15,21-22,25,36,39H,6-8,10-11,14,16-17H2,1-3H3;4-5,12-13,15,23-24,26,36,39H,6-11,14,16-18H2,1-3H3,(H,34,35);1H3;;/q;;-1;;/t22-,25?;24-,26?;;;/m11.../s1. The van der Waals surface area contributed by atoms with Crippen molar-refractivity contribution in [3.05, 3.63) is 139 Å². The van der Waals surface area contributed by atoms with Crippen LogP contribution in [-0.4, -0.2) is 180 Å². The molecule has 0 spiro atoms. The molecule has 2 saturated heterocycles. The molecule has 0 bridgehead atoms. The fourth-order valence-electron chi connectivity index (χ4n) is 12.6. The topological polar surface area (TPSA) is 230 Å². The Hall–Kier alpha value is -6.51. The molecule has 8 aliphatic rings. The molecule has 0 aromatic heterocycles. The quantitative estimate of drug-likeness (QED) is 0.0390. The molecule has 3 amide bonds. The summed E-state index contributed by atoms with van der Waals surface area (Å²) in [4.78, 5) is 70.7. The van der Waals surface area contributed by atoms with E-state index in [4.69, 9.17) is 46.0 Å². The van der Waals surface area contributed by atoms with E-state index in [-0.39, 0.29) is 72.5 Å². The number of rotatable bonds is 12. The number of hydrogen-bond acceptors (Lipinski definition) is 16. The van der Waals surface area contributed by atoms with Gasteiger partial charge in [-0.25, -0.2) is 4.99 Å². The van der Waals surface area contributed by atoms with Gasteiger partial charge in [-0.15, -0.1) is 23.2 Å². The SMILES string of the molecule is C[C-]=O.Cc1ccc(OC[C@H](O)CN=C2N=CCC(Cl)C2=C2Cc3cc4c(cc3N2)C(=O)N(C2CCN(C)CC2)C4=O)c(C)c1.Cc1ccc(OC[C@H](O)CNC2=NCCC(Cl)C2=C2Cc3cc4c(cc3N2)CN(C2CCN(C)CC2)C4=O)c(C)c1.[O]=[Zn]. The number of aliphatic hydroxyl groups excluding tert-OH is 2. The van der Waals surface area contributed by atoms with E-state index in [0.717, 1.165) is 143 Å². The first-order valence-electron chi connectivity index (χ1n) is 30.2. The molecule has 0 saturated carbocycles. The van der Waals surface area contributed by atoms with Crippen molar-refractivity contribution >= 4 is 76.5 Å². The van der Waals surface area contributed by atoms with Crippen LogP contribution in [0.25, 0.3) is 0 Å². The molecule has 5 N–H and O–H groups in total. The number of anilines is 2. The van der Waals surface area contributed by atoms with Gasteiger partial charge in [0.05, 0.1) is 28.4 Å². The zero-order valence-corrected chi connectivity index (χ0v) is 55.9. The monoisotopic (exact) mass is 1290 g/mol. The number of halogens is 2. The molecular weight excluding hydrogens is 1210 g/mol. The van der Waals surface area contributed by atoms with Crippen LogP contribution in [0.2, 0.25) is 0 Å². The molecule has 4 aromatic rings. The molecule has 2 unspecified atom stereocenters. The van der Waals surface area contributed by atoms with Gasteiger partial charge in [0.15, 0.2) is 5.84 Å². The van der Waals surface area contributed by atoms with Crippen molar-refractivity contribution in [2.45, 2.75) is 128 Å². The molecule has 19 nitrogen and oxygen atoms in total. The first-order chi connectivity index (χ1) is 42.4. The van der Waals surface area contributed by atoms with E-state index < -0.39 is 12.2 Å². The fourth-order valence-corrected chi connectivity index (χ4v) is 13.2. The summed E-state index contributed by atoms with van der Waals surface area (Å²) >= 11 is 13.8. The number of piperidine rings is 2. The molecule has 2 fully saturated rings. The van der Waals surface area contributed by atoms with Gasteiger partial charge in [-0.3, -0.25) is 35.6 Å². The predicted octanol–water partition coefficient (Wildman–Crippen LogP) is 8.15. The number of carbonyl (C=O) groups is 3. The van der Waals surface area contributed by atoms with E-state index in [9.17, 15) is 24.6 Å². The third kappa shape index (κ3) is 15.2. The molecule has 4 aromatic carbocycles. The van der Waals surface area contributed by atoms with Crippen LogP contribution in [0, 0.1) is 27.7 Å². The van der Waals surface area contributed by atoms with Gasteiger partial charge in [0, 0.05) is 96.7 Å². The molecular formula is C66H79Cl2N10O9Zn-. The maximum absolute atomic E-state index is 13.4. The Kier molecular flexibility index (Phi) is 22.4. The number of allylic oxidation sites excluding steroid dienone is 2. The van der Waals surface area contributed by atoms with Crippen molar-refractivity contribution in [3.63, 3.8) is 0 Å². The second-order valence-electron chi connectivity index (χ2n) is 23.8. The Morgan fingerprint density at radius 3 is 1.83 bits per heavy atom. The number of hydrogen-bond donors (Lipinski definition) is 5. The van der Waals surface area contributed by atoms with E-state index in [1.165, 1.54) is 23.7 Å². The number of imide groups is 1. The summed E-state index contributed by atoms with van der Waals surface area (Å²) in [6, 6.07) is 20.1. The van der Waals surface area contributed by atoms with Gasteiger partial charge in [0.2, 0.25) is 0 Å². The number of carbonyl (C=O) groups excluding carboxylic acids is 4.